The summed E-state index contributed by atoms with van der Waals surface area (Å²) in [4.78, 5) is 27.0. The predicted octanol–water partition coefficient (Wildman–Crippen LogP) is 5.46. The van der Waals surface area contributed by atoms with Gasteiger partial charge in [-0.1, -0.05) is 29.8 Å². The molecule has 2 N–H and O–H groups in total. The Hall–Kier alpha value is -2.01. The third kappa shape index (κ3) is 5.37. The fourth-order valence-corrected chi connectivity index (χ4v) is 5.55. The van der Waals surface area contributed by atoms with E-state index in [9.17, 15) is 9.59 Å². The monoisotopic (exact) mass is 569 g/mol. The van der Waals surface area contributed by atoms with Crippen molar-refractivity contribution in [1.29, 1.82) is 0 Å². The molecule has 0 aliphatic heterocycles. The number of carbonyl (C=O) groups is 1. The Bertz CT molecular complexity index is 1250. The number of aromatic nitrogens is 2. The largest absolute Gasteiger partial charge is 0.465 e. The summed E-state index contributed by atoms with van der Waals surface area (Å²) in [6.07, 6.45) is 1.61. The topological polar surface area (TPSA) is 87.2 Å². The third-order valence-corrected chi connectivity index (χ3v) is 7.32. The highest BCUT2D eigenvalue weighted by atomic mass is 79.9. The van der Waals surface area contributed by atoms with Crippen LogP contribution >= 0.6 is 54.5 Å². The molecule has 3 aromatic heterocycles. The molecule has 1 aromatic carbocycles. The zero-order valence-corrected chi connectivity index (χ0v) is 20.8. The van der Waals surface area contributed by atoms with Crippen LogP contribution < -0.4 is 11.3 Å². The highest BCUT2D eigenvalue weighted by Gasteiger charge is 2.13. The molecule has 0 fully saturated rings. The number of rotatable bonds is 3. The number of esters is 1. The number of fused-ring (bicyclic) bond motifs is 1. The highest BCUT2D eigenvalue weighted by Crippen LogP contribution is 2.29. The zero-order valence-electron chi connectivity index (χ0n) is 16.0. The Kier molecular flexibility index (Phi) is 7.45. The Morgan fingerprint density at radius 3 is 2.43 bits per heavy atom. The van der Waals surface area contributed by atoms with Crippen molar-refractivity contribution in [3.63, 3.8) is 0 Å². The van der Waals surface area contributed by atoms with Crippen LogP contribution in [0.4, 0.5) is 5.69 Å². The lowest BCUT2D eigenvalue weighted by molar-refractivity contribution is 0.0607. The van der Waals surface area contributed by atoms with Gasteiger partial charge in [-0.05, 0) is 56.5 Å². The van der Waals surface area contributed by atoms with Gasteiger partial charge in [0.1, 0.15) is 9.58 Å². The minimum Gasteiger partial charge on any atom is -0.465 e. The molecule has 0 atom stereocenters. The quantitative estimate of drug-likeness (QED) is 0.331. The summed E-state index contributed by atoms with van der Waals surface area (Å²) in [5.41, 5.74) is 9.15. The second kappa shape index (κ2) is 9.86. The Morgan fingerprint density at radius 1 is 1.17 bits per heavy atom. The van der Waals surface area contributed by atoms with Crippen molar-refractivity contribution in [3.8, 4) is 0 Å². The van der Waals surface area contributed by atoms with Crippen molar-refractivity contribution in [2.45, 2.75) is 13.5 Å². The van der Waals surface area contributed by atoms with E-state index in [1.807, 2.05) is 10.6 Å². The number of nitrogen functional groups attached to an aromatic ring is 1. The smallest absolute Gasteiger partial charge is 0.350 e. The van der Waals surface area contributed by atoms with E-state index in [-0.39, 0.29) is 5.56 Å². The van der Waals surface area contributed by atoms with Gasteiger partial charge in [0.25, 0.3) is 5.56 Å². The van der Waals surface area contributed by atoms with Crippen molar-refractivity contribution >= 4 is 76.4 Å². The van der Waals surface area contributed by atoms with E-state index < -0.39 is 5.97 Å². The first kappa shape index (κ1) is 22.7. The van der Waals surface area contributed by atoms with Crippen LogP contribution in [0.2, 0.25) is 0 Å². The second-order valence-corrected chi connectivity index (χ2v) is 11.1. The SMILES string of the molecule is COC(=O)c1sc(Br)cc1N.Cc1ccc(Cn2cnc(=O)c3sc(Br)cc32)cc1. The van der Waals surface area contributed by atoms with E-state index in [0.717, 1.165) is 13.1 Å². The molecule has 3 heterocycles. The first-order valence-electron chi connectivity index (χ1n) is 8.61. The maximum Gasteiger partial charge on any atom is 0.350 e. The number of nitrogens with two attached hydrogens (primary N) is 1. The van der Waals surface area contributed by atoms with Crippen LogP contribution in [0.1, 0.15) is 20.8 Å². The van der Waals surface area contributed by atoms with Gasteiger partial charge >= 0.3 is 5.97 Å². The van der Waals surface area contributed by atoms with E-state index >= 15 is 0 Å². The van der Waals surface area contributed by atoms with Crippen LogP contribution in [0, 0.1) is 6.92 Å². The number of thiophene rings is 2. The number of nitrogens with zero attached hydrogens (tertiary/aromatic N) is 2. The van der Waals surface area contributed by atoms with Gasteiger partial charge in [0, 0.05) is 6.54 Å². The van der Waals surface area contributed by atoms with E-state index in [4.69, 9.17) is 5.73 Å². The summed E-state index contributed by atoms with van der Waals surface area (Å²) in [6.45, 7) is 2.78. The molecule has 0 saturated heterocycles. The summed E-state index contributed by atoms with van der Waals surface area (Å²) in [5.74, 6) is -0.391. The van der Waals surface area contributed by atoms with E-state index in [0.29, 0.717) is 21.8 Å². The number of hydrogen-bond acceptors (Lipinski definition) is 7. The van der Waals surface area contributed by atoms with Gasteiger partial charge < -0.3 is 15.0 Å². The lowest BCUT2D eigenvalue weighted by Gasteiger charge is -2.07. The normalized spacial score (nSPS) is 10.5. The Labute approximate surface area is 197 Å². The Balaban J connectivity index is 0.000000199. The lowest BCUT2D eigenvalue weighted by atomic mass is 10.1. The molecule has 0 radical (unpaired) electrons. The molecule has 0 saturated carbocycles. The van der Waals surface area contributed by atoms with Gasteiger partial charge in [0.05, 0.1) is 32.2 Å². The van der Waals surface area contributed by atoms with Crippen LogP contribution in [0.3, 0.4) is 0 Å². The molecular formula is C20H17Br2N3O3S2. The molecule has 6 nitrogen and oxygen atoms in total. The zero-order chi connectivity index (χ0) is 21.8. The number of hydrogen-bond donors (Lipinski definition) is 1. The van der Waals surface area contributed by atoms with Crippen LogP contribution in [0.15, 0.2) is 55.1 Å². The first-order valence-corrected chi connectivity index (χ1v) is 11.8. The van der Waals surface area contributed by atoms with Gasteiger partial charge in [0.15, 0.2) is 0 Å². The van der Waals surface area contributed by atoms with Gasteiger partial charge in [-0.2, -0.15) is 4.98 Å². The molecule has 4 aromatic rings. The standard InChI is InChI=1S/C14H11BrN2OS.C6H6BrNO2S/c1-9-2-4-10(5-3-9)7-17-8-16-14(18)13-11(17)6-12(15)19-13;1-10-6(9)5-3(8)2-4(7)11-5/h2-6,8H,7H2,1H3;2H,8H2,1H3. The highest BCUT2D eigenvalue weighted by molar-refractivity contribution is 9.11. The van der Waals surface area contributed by atoms with E-state index in [1.165, 1.54) is 40.9 Å². The molecule has 0 unspecified atom stereocenters. The van der Waals surface area contributed by atoms with Gasteiger partial charge in [0.2, 0.25) is 0 Å². The van der Waals surface area contributed by atoms with Crippen LogP contribution in [-0.4, -0.2) is 22.6 Å². The average molecular weight is 571 g/mol. The first-order chi connectivity index (χ1) is 14.3. The Morgan fingerprint density at radius 2 is 1.83 bits per heavy atom. The maximum absolute atomic E-state index is 11.7. The van der Waals surface area contributed by atoms with E-state index in [2.05, 4.69) is 72.8 Å². The van der Waals surface area contributed by atoms with Gasteiger partial charge in [-0.15, -0.1) is 22.7 Å². The third-order valence-electron chi connectivity index (χ3n) is 4.08. The van der Waals surface area contributed by atoms with Crippen molar-refractivity contribution < 1.29 is 9.53 Å². The minimum atomic E-state index is -0.391. The maximum atomic E-state index is 11.7. The number of ether oxygens (including phenoxy) is 1. The second-order valence-electron chi connectivity index (χ2n) is 6.25. The van der Waals surface area contributed by atoms with Crippen LogP contribution in [0.25, 0.3) is 10.2 Å². The summed E-state index contributed by atoms with van der Waals surface area (Å²) in [5, 5.41) is 0. The molecule has 10 heteroatoms. The van der Waals surface area contributed by atoms with Crippen LogP contribution in [0.5, 0.6) is 0 Å². The van der Waals surface area contributed by atoms with Crippen LogP contribution in [-0.2, 0) is 11.3 Å². The summed E-state index contributed by atoms with van der Waals surface area (Å²) < 4.78 is 8.98. The molecule has 156 valence electrons. The predicted molar refractivity (Wildman–Crippen MR) is 130 cm³/mol. The van der Waals surface area contributed by atoms with Crippen molar-refractivity contribution in [2.24, 2.45) is 0 Å². The molecule has 0 bridgehead atoms. The number of halogens is 2. The van der Waals surface area contributed by atoms with Crippen molar-refractivity contribution in [2.75, 3.05) is 12.8 Å². The molecule has 0 aliphatic carbocycles. The summed E-state index contributed by atoms with van der Waals surface area (Å²) in [6, 6.07) is 12.0. The molecule has 0 aliphatic rings. The molecule has 4 rings (SSSR count). The van der Waals surface area contributed by atoms with Gasteiger partial charge in [-0.3, -0.25) is 4.79 Å². The minimum absolute atomic E-state index is 0.161. The average Bonchev–Trinajstić information content (AvgIpc) is 3.27. The number of methoxy groups -OCH3 is 1. The molecular weight excluding hydrogens is 554 g/mol. The van der Waals surface area contributed by atoms with E-state index in [1.54, 1.807) is 12.4 Å². The number of carbonyl (C=O) groups excluding carboxylic acids is 1. The van der Waals surface area contributed by atoms with Crippen molar-refractivity contribution in [1.82, 2.24) is 9.55 Å². The lowest BCUT2D eigenvalue weighted by Crippen LogP contribution is -2.11. The molecule has 30 heavy (non-hydrogen) atoms. The fourth-order valence-electron chi connectivity index (χ4n) is 2.60. The van der Waals surface area contributed by atoms with Gasteiger partial charge in [-0.25, -0.2) is 4.79 Å². The molecule has 0 amide bonds. The van der Waals surface area contributed by atoms with Crippen molar-refractivity contribution in [3.05, 3.63) is 76.7 Å². The number of anilines is 1. The summed E-state index contributed by atoms with van der Waals surface area (Å²) in [7, 11) is 1.33. The molecule has 0 spiro atoms. The number of benzene rings is 1. The summed E-state index contributed by atoms with van der Waals surface area (Å²) >= 11 is 9.33. The fraction of sp³-hybridized carbons (Fsp3) is 0.150. The number of aryl methyl sites for hydroxylation is 1.